The third kappa shape index (κ3) is 3.73. The van der Waals surface area contributed by atoms with Gasteiger partial charge in [0, 0.05) is 35.9 Å². The molecular weight excluding hydrogens is 483 g/mol. The summed E-state index contributed by atoms with van der Waals surface area (Å²) in [7, 11) is 0. The predicted octanol–water partition coefficient (Wildman–Crippen LogP) is 4.71. The maximum Gasteiger partial charge on any atom is 0.261 e. The van der Waals surface area contributed by atoms with Crippen LogP contribution in [0.4, 0.5) is 10.1 Å². The Labute approximate surface area is 217 Å². The molecule has 192 valence electrons. The molecule has 2 bridgehead atoms. The van der Waals surface area contributed by atoms with E-state index >= 15 is 4.39 Å². The lowest BCUT2D eigenvalue weighted by molar-refractivity contribution is 0.0976. The Kier molecular flexibility index (Phi) is 5.23. The van der Waals surface area contributed by atoms with Crippen LogP contribution < -0.4 is 10.9 Å². The quantitative estimate of drug-likeness (QED) is 0.298. The number of carbonyl (C=O) groups excluding carboxylic acids is 1. The number of carbonyl (C=O) groups is 1. The number of aromatic amines is 2. The summed E-state index contributed by atoms with van der Waals surface area (Å²) in [5, 5.41) is 4.25. The van der Waals surface area contributed by atoms with Crippen LogP contribution in [0.25, 0.3) is 39.0 Å². The number of nitrogens with one attached hydrogen (secondary N) is 3. The molecule has 3 aromatic heterocycles. The Morgan fingerprint density at radius 3 is 2.63 bits per heavy atom. The van der Waals surface area contributed by atoms with Gasteiger partial charge in [0.15, 0.2) is 5.78 Å². The molecule has 3 fully saturated rings. The van der Waals surface area contributed by atoms with Gasteiger partial charge in [0.05, 0.1) is 27.9 Å². The number of halogens is 1. The molecule has 0 saturated carbocycles. The fraction of sp³-hybridized carbons (Fsp3) is 0.276. The van der Waals surface area contributed by atoms with Crippen molar-refractivity contribution in [2.45, 2.75) is 25.8 Å². The van der Waals surface area contributed by atoms with Crippen LogP contribution in [-0.4, -0.2) is 55.9 Å². The van der Waals surface area contributed by atoms with E-state index in [-0.39, 0.29) is 23.1 Å². The smallest absolute Gasteiger partial charge is 0.261 e. The summed E-state index contributed by atoms with van der Waals surface area (Å²) in [5.74, 6) is 0.381. The summed E-state index contributed by atoms with van der Waals surface area (Å²) >= 11 is 0. The zero-order valence-corrected chi connectivity index (χ0v) is 20.9. The van der Waals surface area contributed by atoms with Crippen LogP contribution >= 0.6 is 0 Å². The first kappa shape index (κ1) is 22.9. The van der Waals surface area contributed by atoms with Crippen molar-refractivity contribution in [1.82, 2.24) is 24.4 Å². The number of anilines is 1. The molecule has 3 aliphatic rings. The van der Waals surface area contributed by atoms with Crippen LogP contribution in [0, 0.1) is 11.7 Å². The minimum atomic E-state index is -0.456. The average molecular weight is 511 g/mol. The number of benzene rings is 2. The van der Waals surface area contributed by atoms with Crippen LogP contribution in [0.2, 0.25) is 0 Å². The molecule has 1 atom stereocenters. The normalized spacial score (nSPS) is 20.8. The molecule has 2 aromatic carbocycles. The van der Waals surface area contributed by atoms with E-state index in [0.29, 0.717) is 39.5 Å². The first-order valence-electron chi connectivity index (χ1n) is 13.0. The number of ketones is 1. The number of nitrogens with zero attached hydrogens (tertiary/aromatic N) is 3. The van der Waals surface area contributed by atoms with E-state index in [9.17, 15) is 9.59 Å². The highest BCUT2D eigenvalue weighted by molar-refractivity contribution is 6.00. The Morgan fingerprint density at radius 1 is 1.11 bits per heavy atom. The van der Waals surface area contributed by atoms with Crippen molar-refractivity contribution in [1.29, 1.82) is 0 Å². The monoisotopic (exact) mass is 510 g/mol. The van der Waals surface area contributed by atoms with Crippen LogP contribution in [0.5, 0.6) is 0 Å². The zero-order chi connectivity index (χ0) is 26.0. The van der Waals surface area contributed by atoms with E-state index in [4.69, 9.17) is 4.98 Å². The molecular formula is C29H27FN6O2. The Morgan fingerprint density at radius 2 is 1.92 bits per heavy atom. The number of fused-ring (bicyclic) bond motifs is 5. The predicted molar refractivity (Wildman–Crippen MR) is 146 cm³/mol. The summed E-state index contributed by atoms with van der Waals surface area (Å²) < 4.78 is 17.2. The molecule has 3 aliphatic heterocycles. The molecule has 5 aromatic rings. The number of aromatic nitrogens is 4. The van der Waals surface area contributed by atoms with Crippen molar-refractivity contribution >= 4 is 33.4 Å². The average Bonchev–Trinajstić information content (AvgIpc) is 3.57. The van der Waals surface area contributed by atoms with E-state index < -0.39 is 5.82 Å². The van der Waals surface area contributed by atoms with Gasteiger partial charge in [-0.3, -0.25) is 9.59 Å². The summed E-state index contributed by atoms with van der Waals surface area (Å²) in [5.41, 5.74) is 3.48. The molecule has 3 N–H and O–H groups in total. The van der Waals surface area contributed by atoms with E-state index in [1.807, 2.05) is 24.3 Å². The van der Waals surface area contributed by atoms with Gasteiger partial charge in [-0.05, 0) is 69.1 Å². The standard InChI is InChI=1S/C29H27FN6O2/c1-16(37)18-8-11-36(14-18)25-13-23-19(12-20(25)30)27(31-24-15-35-9-6-17(24)7-10-35)26(29(38)34-23)28-32-21-4-2-3-5-22(21)33-28/h2-5,8,11-14,17,24H,6-7,9-10,15H2,1H3,(H,32,33)(H2,31,34,38)/t24-/m0/s1. The second-order valence-corrected chi connectivity index (χ2v) is 10.4. The molecule has 38 heavy (non-hydrogen) atoms. The maximum atomic E-state index is 15.7. The SMILES string of the molecule is CC(=O)c1ccn(-c2cc3[nH]c(=O)c(-c4nc5ccccc5[nH]4)c(N[C@H]4CN5CCC4CC5)c3cc2F)c1. The van der Waals surface area contributed by atoms with Crippen LogP contribution in [0.1, 0.15) is 30.1 Å². The first-order chi connectivity index (χ1) is 18.4. The number of Topliss-reactive ketones (excluding diaryl/α,β-unsaturated/α-hetero) is 1. The van der Waals surface area contributed by atoms with Crippen molar-refractivity contribution in [2.24, 2.45) is 5.92 Å². The van der Waals surface area contributed by atoms with Crippen molar-refractivity contribution in [3.8, 4) is 17.1 Å². The van der Waals surface area contributed by atoms with Gasteiger partial charge in [-0.25, -0.2) is 9.37 Å². The topological polar surface area (TPSA) is 98.8 Å². The van der Waals surface area contributed by atoms with Gasteiger partial charge in [0.25, 0.3) is 5.56 Å². The fourth-order valence-electron chi connectivity index (χ4n) is 6.02. The van der Waals surface area contributed by atoms with Gasteiger partial charge >= 0.3 is 0 Å². The second kappa shape index (κ2) is 8.66. The van der Waals surface area contributed by atoms with Gasteiger partial charge in [-0.2, -0.15) is 0 Å². The van der Waals surface area contributed by atoms with E-state index in [1.165, 1.54) is 13.0 Å². The van der Waals surface area contributed by atoms with Crippen LogP contribution in [0.3, 0.4) is 0 Å². The molecule has 0 amide bonds. The Balaban J connectivity index is 1.42. The van der Waals surface area contributed by atoms with E-state index in [1.54, 1.807) is 29.1 Å². The molecule has 8 nitrogen and oxygen atoms in total. The zero-order valence-electron chi connectivity index (χ0n) is 20.9. The lowest BCUT2D eigenvalue weighted by Crippen LogP contribution is -2.53. The number of hydrogen-bond donors (Lipinski definition) is 3. The Bertz CT molecular complexity index is 1740. The molecule has 0 unspecified atom stereocenters. The maximum absolute atomic E-state index is 15.7. The highest BCUT2D eigenvalue weighted by Gasteiger charge is 2.35. The van der Waals surface area contributed by atoms with Crippen LogP contribution in [0.15, 0.2) is 59.7 Å². The largest absolute Gasteiger partial charge is 0.379 e. The van der Waals surface area contributed by atoms with Crippen molar-refractivity contribution < 1.29 is 9.18 Å². The summed E-state index contributed by atoms with van der Waals surface area (Å²) in [6.45, 7) is 4.54. The third-order valence-electron chi connectivity index (χ3n) is 8.07. The first-order valence-corrected chi connectivity index (χ1v) is 13.0. The van der Waals surface area contributed by atoms with E-state index in [2.05, 4.69) is 20.2 Å². The number of rotatable bonds is 5. The number of H-pyrrole nitrogens is 2. The summed E-state index contributed by atoms with van der Waals surface area (Å²) in [6.07, 6.45) is 5.45. The van der Waals surface area contributed by atoms with Crippen molar-refractivity contribution in [2.75, 3.05) is 25.0 Å². The van der Waals surface area contributed by atoms with Gasteiger partial charge in [-0.15, -0.1) is 0 Å². The number of para-hydroxylation sites is 2. The number of piperidine rings is 3. The number of imidazole rings is 1. The highest BCUT2D eigenvalue weighted by atomic mass is 19.1. The summed E-state index contributed by atoms with van der Waals surface area (Å²) in [4.78, 5) is 38.8. The second-order valence-electron chi connectivity index (χ2n) is 10.4. The molecule has 0 spiro atoms. The fourth-order valence-corrected chi connectivity index (χ4v) is 6.02. The lowest BCUT2D eigenvalue weighted by Gasteiger charge is -2.45. The number of hydrogen-bond acceptors (Lipinski definition) is 5. The molecule has 8 rings (SSSR count). The molecule has 0 radical (unpaired) electrons. The van der Waals surface area contributed by atoms with Crippen LogP contribution in [-0.2, 0) is 0 Å². The minimum Gasteiger partial charge on any atom is -0.379 e. The Hall–Kier alpha value is -4.24. The van der Waals surface area contributed by atoms with Gasteiger partial charge in [0.2, 0.25) is 0 Å². The minimum absolute atomic E-state index is 0.0992. The number of pyridine rings is 1. The molecule has 6 heterocycles. The third-order valence-corrected chi connectivity index (χ3v) is 8.07. The van der Waals surface area contributed by atoms with Gasteiger partial charge in [0.1, 0.15) is 17.2 Å². The van der Waals surface area contributed by atoms with E-state index in [0.717, 1.165) is 43.5 Å². The van der Waals surface area contributed by atoms with Crippen molar-refractivity contribution in [3.05, 3.63) is 76.6 Å². The summed E-state index contributed by atoms with van der Waals surface area (Å²) in [6, 6.07) is 12.5. The van der Waals surface area contributed by atoms with Gasteiger partial charge < -0.3 is 24.8 Å². The highest BCUT2D eigenvalue weighted by Crippen LogP contribution is 2.37. The van der Waals surface area contributed by atoms with Gasteiger partial charge in [-0.1, -0.05) is 12.1 Å². The lowest BCUT2D eigenvalue weighted by atomic mass is 9.83. The van der Waals surface area contributed by atoms with Crippen molar-refractivity contribution in [3.63, 3.8) is 0 Å². The molecule has 3 saturated heterocycles. The molecule has 0 aliphatic carbocycles. The molecule has 9 heteroatoms.